The lowest BCUT2D eigenvalue weighted by molar-refractivity contribution is 0.907. The van der Waals surface area contributed by atoms with Gasteiger partial charge in [0.05, 0.1) is 11.9 Å². The van der Waals surface area contributed by atoms with Crippen LogP contribution in [0.25, 0.3) is 16.9 Å². The van der Waals surface area contributed by atoms with Gasteiger partial charge in [0.15, 0.2) is 5.65 Å². The van der Waals surface area contributed by atoms with Gasteiger partial charge in [0, 0.05) is 16.7 Å². The van der Waals surface area contributed by atoms with Crippen molar-refractivity contribution in [1.82, 2.24) is 14.6 Å². The highest BCUT2D eigenvalue weighted by Gasteiger charge is 2.07. The number of aromatic nitrogens is 3. The number of fused-ring (bicyclic) bond motifs is 1. The minimum absolute atomic E-state index is 0.104. The van der Waals surface area contributed by atoms with E-state index in [2.05, 4.69) is 10.1 Å². The number of hydrogen-bond acceptors (Lipinski definition) is 3. The maximum Gasteiger partial charge on any atom is 0.295 e. The number of benzene rings is 1. The van der Waals surface area contributed by atoms with Crippen molar-refractivity contribution in [3.05, 3.63) is 51.9 Å². The molecule has 3 rings (SSSR count). The molecule has 5 nitrogen and oxygen atoms in total. The molecular weight excluding hydrogens is 252 g/mol. The first-order valence-electron chi connectivity index (χ1n) is 5.27. The number of nitrogens with zero attached hydrogens (tertiary/aromatic N) is 2. The monoisotopic (exact) mass is 260 g/mol. The van der Waals surface area contributed by atoms with E-state index < -0.39 is 0 Å². The smallest absolute Gasteiger partial charge is 0.295 e. The second-order valence-corrected chi connectivity index (χ2v) is 4.33. The number of aromatic amines is 1. The molecule has 0 aliphatic rings. The predicted molar refractivity (Wildman–Crippen MR) is 70.7 cm³/mol. The van der Waals surface area contributed by atoms with Crippen LogP contribution in [-0.2, 0) is 0 Å². The van der Waals surface area contributed by atoms with E-state index in [1.54, 1.807) is 18.2 Å². The molecule has 2 aromatic heterocycles. The molecule has 3 aromatic rings. The minimum atomic E-state index is -0.312. The highest BCUT2D eigenvalue weighted by Crippen LogP contribution is 2.21. The van der Waals surface area contributed by atoms with Crippen molar-refractivity contribution < 1.29 is 0 Å². The molecular formula is C12H9ClN4O. The van der Waals surface area contributed by atoms with Gasteiger partial charge in [-0.1, -0.05) is 23.7 Å². The van der Waals surface area contributed by atoms with Crippen molar-refractivity contribution >= 4 is 22.9 Å². The lowest BCUT2D eigenvalue weighted by atomic mass is 10.2. The maximum atomic E-state index is 11.8. The van der Waals surface area contributed by atoms with Crippen LogP contribution >= 0.6 is 11.6 Å². The highest BCUT2D eigenvalue weighted by atomic mass is 35.5. The molecule has 0 aliphatic carbocycles. The number of H-pyrrole nitrogens is 1. The molecule has 90 valence electrons. The molecule has 3 N–H and O–H groups in total. The number of rotatable bonds is 1. The molecule has 0 atom stereocenters. The fourth-order valence-corrected chi connectivity index (χ4v) is 1.97. The van der Waals surface area contributed by atoms with E-state index in [0.29, 0.717) is 10.7 Å². The van der Waals surface area contributed by atoms with Crippen LogP contribution in [0, 0.1) is 0 Å². The SMILES string of the molecule is Nc1cnc2cc(-c3cccc(Cl)c3)[nH]n2c1=O. The summed E-state index contributed by atoms with van der Waals surface area (Å²) in [5.41, 5.74) is 7.47. The number of halogens is 1. The van der Waals surface area contributed by atoms with Gasteiger partial charge in [-0.25, -0.2) is 4.98 Å². The Bertz CT molecular complexity index is 790. The van der Waals surface area contributed by atoms with Crippen molar-refractivity contribution in [1.29, 1.82) is 0 Å². The quantitative estimate of drug-likeness (QED) is 0.702. The average molecular weight is 261 g/mol. The van der Waals surface area contributed by atoms with Gasteiger partial charge in [0.25, 0.3) is 5.56 Å². The molecule has 0 aliphatic heterocycles. The zero-order valence-electron chi connectivity index (χ0n) is 9.22. The first kappa shape index (κ1) is 10.9. The molecule has 0 bridgehead atoms. The van der Waals surface area contributed by atoms with Gasteiger partial charge in [0.2, 0.25) is 0 Å². The Morgan fingerprint density at radius 1 is 1.33 bits per heavy atom. The summed E-state index contributed by atoms with van der Waals surface area (Å²) in [6, 6.07) is 9.10. The van der Waals surface area contributed by atoms with E-state index in [0.717, 1.165) is 11.3 Å². The topological polar surface area (TPSA) is 76.2 Å². The average Bonchev–Trinajstić information content (AvgIpc) is 2.79. The van der Waals surface area contributed by atoms with Gasteiger partial charge in [-0.3, -0.25) is 9.89 Å². The lowest BCUT2D eigenvalue weighted by Gasteiger charge is -1.97. The molecule has 0 amide bonds. The number of anilines is 1. The third-order valence-corrected chi connectivity index (χ3v) is 2.89. The summed E-state index contributed by atoms with van der Waals surface area (Å²) in [4.78, 5) is 15.9. The zero-order valence-corrected chi connectivity index (χ0v) is 9.98. The second-order valence-electron chi connectivity index (χ2n) is 3.89. The molecule has 0 saturated heterocycles. The number of hydrogen-bond donors (Lipinski definition) is 2. The van der Waals surface area contributed by atoms with Crippen LogP contribution < -0.4 is 11.3 Å². The van der Waals surface area contributed by atoms with Crippen LogP contribution in [0.4, 0.5) is 5.69 Å². The Hall–Kier alpha value is -2.27. The van der Waals surface area contributed by atoms with Gasteiger partial charge in [-0.05, 0) is 12.1 Å². The molecule has 0 unspecified atom stereocenters. The Morgan fingerprint density at radius 2 is 2.17 bits per heavy atom. The van der Waals surface area contributed by atoms with Crippen LogP contribution in [-0.4, -0.2) is 14.6 Å². The zero-order chi connectivity index (χ0) is 12.7. The van der Waals surface area contributed by atoms with Crippen molar-refractivity contribution in [2.24, 2.45) is 0 Å². The minimum Gasteiger partial charge on any atom is -0.393 e. The first-order valence-corrected chi connectivity index (χ1v) is 5.65. The summed E-state index contributed by atoms with van der Waals surface area (Å²) in [7, 11) is 0. The summed E-state index contributed by atoms with van der Waals surface area (Å²) in [6.07, 6.45) is 1.35. The van der Waals surface area contributed by atoms with Crippen LogP contribution in [0.1, 0.15) is 0 Å². The van der Waals surface area contributed by atoms with E-state index in [1.807, 2.05) is 12.1 Å². The Morgan fingerprint density at radius 3 is 2.94 bits per heavy atom. The molecule has 0 radical (unpaired) electrons. The van der Waals surface area contributed by atoms with E-state index in [-0.39, 0.29) is 11.2 Å². The fourth-order valence-electron chi connectivity index (χ4n) is 1.78. The van der Waals surface area contributed by atoms with Crippen molar-refractivity contribution in [2.75, 3.05) is 5.73 Å². The van der Waals surface area contributed by atoms with E-state index >= 15 is 0 Å². The lowest BCUT2D eigenvalue weighted by Crippen LogP contribution is -2.18. The summed E-state index contributed by atoms with van der Waals surface area (Å²) in [5, 5.41) is 3.58. The Balaban J connectivity index is 2.26. The largest absolute Gasteiger partial charge is 0.393 e. The van der Waals surface area contributed by atoms with Gasteiger partial charge < -0.3 is 5.73 Å². The van der Waals surface area contributed by atoms with Gasteiger partial charge in [0.1, 0.15) is 5.69 Å². The van der Waals surface area contributed by atoms with E-state index in [4.69, 9.17) is 17.3 Å². The van der Waals surface area contributed by atoms with E-state index in [9.17, 15) is 4.79 Å². The summed E-state index contributed by atoms with van der Waals surface area (Å²) in [5.74, 6) is 0. The molecule has 18 heavy (non-hydrogen) atoms. The molecule has 0 fully saturated rings. The van der Waals surface area contributed by atoms with Crippen LogP contribution in [0.3, 0.4) is 0 Å². The van der Waals surface area contributed by atoms with Crippen molar-refractivity contribution in [2.45, 2.75) is 0 Å². The number of nitrogens with two attached hydrogens (primary N) is 1. The summed E-state index contributed by atoms with van der Waals surface area (Å²) >= 11 is 5.93. The number of nitrogen functional groups attached to an aromatic ring is 1. The summed E-state index contributed by atoms with van der Waals surface area (Å²) < 4.78 is 1.31. The molecule has 2 heterocycles. The van der Waals surface area contributed by atoms with Gasteiger partial charge in [-0.15, -0.1) is 0 Å². The fraction of sp³-hybridized carbons (Fsp3) is 0. The normalized spacial score (nSPS) is 10.9. The first-order chi connectivity index (χ1) is 8.65. The van der Waals surface area contributed by atoms with Gasteiger partial charge in [-0.2, -0.15) is 4.52 Å². The van der Waals surface area contributed by atoms with Crippen molar-refractivity contribution in [3.8, 4) is 11.3 Å². The summed E-state index contributed by atoms with van der Waals surface area (Å²) in [6.45, 7) is 0. The second kappa shape index (κ2) is 3.89. The van der Waals surface area contributed by atoms with Gasteiger partial charge >= 0.3 is 0 Å². The maximum absolute atomic E-state index is 11.8. The molecule has 1 aromatic carbocycles. The number of nitrogens with one attached hydrogen (secondary N) is 1. The highest BCUT2D eigenvalue weighted by molar-refractivity contribution is 6.30. The third-order valence-electron chi connectivity index (χ3n) is 2.66. The standard InChI is InChI=1S/C12H9ClN4O/c13-8-3-1-2-7(4-8)10-5-11-15-6-9(14)12(18)17(11)16-10/h1-6,16H,14H2. The molecule has 6 heteroatoms. The Labute approximate surface area is 107 Å². The van der Waals surface area contributed by atoms with Crippen LogP contribution in [0.5, 0.6) is 0 Å². The van der Waals surface area contributed by atoms with E-state index in [1.165, 1.54) is 10.7 Å². The third kappa shape index (κ3) is 1.65. The molecule has 0 saturated carbocycles. The Kier molecular flexibility index (Phi) is 2.34. The van der Waals surface area contributed by atoms with Crippen molar-refractivity contribution in [3.63, 3.8) is 0 Å². The predicted octanol–water partition coefficient (Wildman–Crippen LogP) is 1.93. The molecule has 0 spiro atoms. The van der Waals surface area contributed by atoms with Crippen LogP contribution in [0.2, 0.25) is 5.02 Å². The van der Waals surface area contributed by atoms with Crippen LogP contribution in [0.15, 0.2) is 41.3 Å².